The fourth-order valence-corrected chi connectivity index (χ4v) is 1.74. The monoisotopic (exact) mass is 188 g/mol. The Labute approximate surface area is 81.8 Å². The van der Waals surface area contributed by atoms with E-state index in [9.17, 15) is 4.79 Å². The Balaban J connectivity index is 3.10. The van der Waals surface area contributed by atoms with Gasteiger partial charge in [-0.2, -0.15) is 0 Å². The number of aryl methyl sites for hydroxylation is 3. The van der Waals surface area contributed by atoms with Crippen LogP contribution in [0.3, 0.4) is 0 Å². The quantitative estimate of drug-likeness (QED) is 0.685. The molecule has 1 heterocycles. The lowest BCUT2D eigenvalue weighted by Gasteiger charge is -2.06. The summed E-state index contributed by atoms with van der Waals surface area (Å²) < 4.78 is 0. The third-order valence-electron chi connectivity index (χ3n) is 2.63. The number of rotatable bonds is 0. The van der Waals surface area contributed by atoms with Gasteiger partial charge in [-0.15, -0.1) is 0 Å². The summed E-state index contributed by atoms with van der Waals surface area (Å²) in [6, 6.07) is 2.02. The Morgan fingerprint density at radius 1 is 1.21 bits per heavy atom. The molecular weight excluding hydrogens is 176 g/mol. The topological polar surface area (TPSA) is 45.8 Å². The van der Waals surface area contributed by atoms with Gasteiger partial charge in [0.05, 0.1) is 17.2 Å². The lowest BCUT2D eigenvalue weighted by molar-refractivity contribution is 1.15. The summed E-state index contributed by atoms with van der Waals surface area (Å²) in [5.74, 6) is 0. The van der Waals surface area contributed by atoms with Crippen molar-refractivity contribution in [3.05, 3.63) is 39.4 Å². The van der Waals surface area contributed by atoms with Gasteiger partial charge < -0.3 is 4.98 Å². The van der Waals surface area contributed by atoms with E-state index >= 15 is 0 Å². The van der Waals surface area contributed by atoms with Crippen molar-refractivity contribution in [3.63, 3.8) is 0 Å². The number of hydrogen-bond acceptors (Lipinski definition) is 2. The van der Waals surface area contributed by atoms with Crippen molar-refractivity contribution in [3.8, 4) is 0 Å². The Kier molecular flexibility index (Phi) is 1.88. The van der Waals surface area contributed by atoms with Crippen molar-refractivity contribution in [1.29, 1.82) is 0 Å². The minimum Gasteiger partial charge on any atom is -0.313 e. The number of fused-ring (bicyclic) bond motifs is 1. The molecule has 0 aliphatic rings. The van der Waals surface area contributed by atoms with Gasteiger partial charge in [-0.05, 0) is 37.5 Å². The summed E-state index contributed by atoms with van der Waals surface area (Å²) in [4.78, 5) is 18.4. The summed E-state index contributed by atoms with van der Waals surface area (Å²) in [6.45, 7) is 5.96. The number of nitrogens with zero attached hydrogens (tertiary/aromatic N) is 1. The molecule has 14 heavy (non-hydrogen) atoms. The molecule has 0 radical (unpaired) electrons. The van der Waals surface area contributed by atoms with E-state index in [2.05, 4.69) is 9.97 Å². The average molecular weight is 188 g/mol. The zero-order chi connectivity index (χ0) is 10.3. The molecule has 0 aliphatic heterocycles. The van der Waals surface area contributed by atoms with Gasteiger partial charge in [-0.25, -0.2) is 4.98 Å². The Morgan fingerprint density at radius 3 is 2.64 bits per heavy atom. The first-order chi connectivity index (χ1) is 6.61. The average Bonchev–Trinajstić information content (AvgIpc) is 2.14. The SMILES string of the molecule is Cc1cc(C)c2c(=O)[nH]cnc2c1C. The first kappa shape index (κ1) is 8.94. The summed E-state index contributed by atoms with van der Waals surface area (Å²) in [5.41, 5.74) is 3.99. The molecule has 1 aromatic carbocycles. The van der Waals surface area contributed by atoms with Gasteiger partial charge in [-0.3, -0.25) is 4.79 Å². The van der Waals surface area contributed by atoms with Crippen molar-refractivity contribution in [2.24, 2.45) is 0 Å². The minimum atomic E-state index is -0.0596. The van der Waals surface area contributed by atoms with Crippen LogP contribution in [0.2, 0.25) is 0 Å². The lowest BCUT2D eigenvalue weighted by atomic mass is 10.0. The molecule has 0 saturated heterocycles. The van der Waals surface area contributed by atoms with E-state index in [1.807, 2.05) is 26.8 Å². The van der Waals surface area contributed by atoms with Crippen LogP contribution in [-0.4, -0.2) is 9.97 Å². The van der Waals surface area contributed by atoms with Crippen LogP contribution in [0.1, 0.15) is 16.7 Å². The molecular formula is C11H12N2O. The second-order valence-electron chi connectivity index (χ2n) is 3.59. The van der Waals surface area contributed by atoms with Crippen molar-refractivity contribution in [2.45, 2.75) is 20.8 Å². The number of hydrogen-bond donors (Lipinski definition) is 1. The van der Waals surface area contributed by atoms with Crippen molar-refractivity contribution >= 4 is 10.9 Å². The van der Waals surface area contributed by atoms with Crippen LogP contribution in [0, 0.1) is 20.8 Å². The largest absolute Gasteiger partial charge is 0.313 e. The number of benzene rings is 1. The van der Waals surface area contributed by atoms with Gasteiger partial charge in [0.15, 0.2) is 0 Å². The molecule has 0 atom stereocenters. The summed E-state index contributed by atoms with van der Waals surface area (Å²) in [5, 5.41) is 0.704. The van der Waals surface area contributed by atoms with Crippen molar-refractivity contribution < 1.29 is 0 Å². The first-order valence-corrected chi connectivity index (χ1v) is 4.55. The fraction of sp³-hybridized carbons (Fsp3) is 0.273. The molecule has 72 valence electrons. The maximum atomic E-state index is 11.6. The first-order valence-electron chi connectivity index (χ1n) is 4.55. The van der Waals surface area contributed by atoms with E-state index in [1.165, 1.54) is 11.9 Å². The predicted molar refractivity (Wildman–Crippen MR) is 56.6 cm³/mol. The molecule has 1 N–H and O–H groups in total. The van der Waals surface area contributed by atoms with E-state index in [0.29, 0.717) is 5.39 Å². The molecule has 0 aliphatic carbocycles. The Hall–Kier alpha value is -1.64. The molecule has 0 bridgehead atoms. The van der Waals surface area contributed by atoms with Crippen LogP contribution < -0.4 is 5.56 Å². The fourth-order valence-electron chi connectivity index (χ4n) is 1.74. The zero-order valence-electron chi connectivity index (χ0n) is 8.51. The molecule has 0 saturated carbocycles. The number of aromatic nitrogens is 2. The van der Waals surface area contributed by atoms with E-state index in [1.54, 1.807) is 0 Å². The molecule has 0 unspecified atom stereocenters. The van der Waals surface area contributed by atoms with Crippen LogP contribution in [-0.2, 0) is 0 Å². The third kappa shape index (κ3) is 1.13. The molecule has 2 rings (SSSR count). The van der Waals surface area contributed by atoms with Crippen molar-refractivity contribution in [1.82, 2.24) is 9.97 Å². The molecule has 1 aromatic heterocycles. The predicted octanol–water partition coefficient (Wildman–Crippen LogP) is 1.85. The maximum Gasteiger partial charge on any atom is 0.258 e. The molecule has 0 fully saturated rings. The highest BCUT2D eigenvalue weighted by atomic mass is 16.1. The van der Waals surface area contributed by atoms with Gasteiger partial charge >= 0.3 is 0 Å². The highest BCUT2D eigenvalue weighted by Gasteiger charge is 2.07. The number of nitrogens with one attached hydrogen (secondary N) is 1. The van der Waals surface area contributed by atoms with Gasteiger partial charge in [0.1, 0.15) is 0 Å². The van der Waals surface area contributed by atoms with Crippen LogP contribution in [0.25, 0.3) is 10.9 Å². The zero-order valence-corrected chi connectivity index (χ0v) is 8.51. The standard InChI is InChI=1S/C11H12N2O/c1-6-4-7(2)9-10(8(6)3)12-5-13-11(9)14/h4-5H,1-3H3,(H,12,13,14). The normalized spacial score (nSPS) is 10.8. The van der Waals surface area contributed by atoms with Gasteiger partial charge in [-0.1, -0.05) is 6.07 Å². The highest BCUT2D eigenvalue weighted by Crippen LogP contribution is 2.19. The van der Waals surface area contributed by atoms with Gasteiger partial charge in [0, 0.05) is 0 Å². The van der Waals surface area contributed by atoms with Gasteiger partial charge in [0.2, 0.25) is 0 Å². The number of aromatic amines is 1. The third-order valence-corrected chi connectivity index (χ3v) is 2.63. The molecule has 3 heteroatoms. The van der Waals surface area contributed by atoms with E-state index < -0.39 is 0 Å². The van der Waals surface area contributed by atoms with E-state index in [-0.39, 0.29) is 5.56 Å². The van der Waals surface area contributed by atoms with E-state index in [4.69, 9.17) is 0 Å². The van der Waals surface area contributed by atoms with Crippen molar-refractivity contribution in [2.75, 3.05) is 0 Å². The maximum absolute atomic E-state index is 11.6. The van der Waals surface area contributed by atoms with Gasteiger partial charge in [0.25, 0.3) is 5.56 Å². The molecule has 0 amide bonds. The molecule has 3 nitrogen and oxygen atoms in total. The Bertz CT molecular complexity index is 555. The highest BCUT2D eigenvalue weighted by molar-refractivity contribution is 5.84. The van der Waals surface area contributed by atoms with Crippen LogP contribution >= 0.6 is 0 Å². The summed E-state index contributed by atoms with van der Waals surface area (Å²) >= 11 is 0. The molecule has 2 aromatic rings. The lowest BCUT2D eigenvalue weighted by Crippen LogP contribution is -2.09. The Morgan fingerprint density at radius 2 is 1.93 bits per heavy atom. The van der Waals surface area contributed by atoms with E-state index in [0.717, 1.165) is 16.6 Å². The second-order valence-corrected chi connectivity index (χ2v) is 3.59. The smallest absolute Gasteiger partial charge is 0.258 e. The number of H-pyrrole nitrogens is 1. The van der Waals surface area contributed by atoms with Crippen LogP contribution in [0.15, 0.2) is 17.2 Å². The van der Waals surface area contributed by atoms with Crippen LogP contribution in [0.4, 0.5) is 0 Å². The van der Waals surface area contributed by atoms with Crippen LogP contribution in [0.5, 0.6) is 0 Å². The molecule has 0 spiro atoms. The second kappa shape index (κ2) is 2.94. The summed E-state index contributed by atoms with van der Waals surface area (Å²) in [6.07, 6.45) is 1.45. The summed E-state index contributed by atoms with van der Waals surface area (Å²) in [7, 11) is 0. The minimum absolute atomic E-state index is 0.0596.